The van der Waals surface area contributed by atoms with Gasteiger partial charge in [0, 0.05) is 18.3 Å². The number of benzene rings is 1. The molecule has 0 spiro atoms. The summed E-state index contributed by atoms with van der Waals surface area (Å²) in [7, 11) is 0. The number of nitrogen functional groups attached to an aromatic ring is 1. The van der Waals surface area contributed by atoms with Crippen LogP contribution in [0.3, 0.4) is 0 Å². The summed E-state index contributed by atoms with van der Waals surface area (Å²) in [4.78, 5) is 4.38. The van der Waals surface area contributed by atoms with Crippen LogP contribution in [-0.4, -0.2) is 11.5 Å². The van der Waals surface area contributed by atoms with Gasteiger partial charge in [0.15, 0.2) is 5.58 Å². The highest BCUT2D eigenvalue weighted by Gasteiger charge is 2.07. The lowest BCUT2D eigenvalue weighted by Crippen LogP contribution is -2.04. The molecule has 1 aromatic carbocycles. The van der Waals surface area contributed by atoms with Crippen molar-refractivity contribution < 1.29 is 4.42 Å². The van der Waals surface area contributed by atoms with Gasteiger partial charge in [-0.15, -0.1) is 0 Å². The van der Waals surface area contributed by atoms with E-state index in [0.29, 0.717) is 11.7 Å². The van der Waals surface area contributed by atoms with Crippen LogP contribution in [0.4, 0.5) is 11.7 Å². The summed E-state index contributed by atoms with van der Waals surface area (Å²) in [6, 6.07) is 6.10. The van der Waals surface area contributed by atoms with Gasteiger partial charge < -0.3 is 15.5 Å². The van der Waals surface area contributed by atoms with E-state index in [1.54, 1.807) is 11.6 Å². The van der Waals surface area contributed by atoms with Crippen molar-refractivity contribution in [1.29, 1.82) is 0 Å². The monoisotopic (exact) mass is 257 g/mol. The second kappa shape index (κ2) is 5.34. The Labute approximate surface area is 112 Å². The van der Waals surface area contributed by atoms with Crippen molar-refractivity contribution in [3.8, 4) is 0 Å². The topological polar surface area (TPSA) is 64.1 Å². The number of hydrogen-bond donors (Lipinski definition) is 2. The van der Waals surface area contributed by atoms with E-state index < -0.39 is 0 Å². The maximum Gasteiger partial charge on any atom is 0.295 e. The van der Waals surface area contributed by atoms with Gasteiger partial charge in [-0.05, 0) is 44.2 Å². The molecular formula is C15H19N3O. The first-order valence-corrected chi connectivity index (χ1v) is 6.89. The zero-order valence-electron chi connectivity index (χ0n) is 11.0. The SMILES string of the molecule is Nc1ccc2nc(NCCC3=CCCCC3)oc2c1. The minimum absolute atomic E-state index is 0.581. The lowest BCUT2D eigenvalue weighted by molar-refractivity contribution is 0.612. The van der Waals surface area contributed by atoms with E-state index in [9.17, 15) is 0 Å². The average molecular weight is 257 g/mol. The van der Waals surface area contributed by atoms with Crippen molar-refractivity contribution in [2.75, 3.05) is 17.6 Å². The van der Waals surface area contributed by atoms with Gasteiger partial charge in [0.2, 0.25) is 0 Å². The van der Waals surface area contributed by atoms with E-state index in [1.807, 2.05) is 12.1 Å². The summed E-state index contributed by atoms with van der Waals surface area (Å²) in [6.45, 7) is 0.869. The van der Waals surface area contributed by atoms with Crippen LogP contribution in [0.1, 0.15) is 32.1 Å². The maximum atomic E-state index is 5.72. The molecule has 0 saturated heterocycles. The molecule has 0 fully saturated rings. The molecule has 100 valence electrons. The fourth-order valence-electron chi connectivity index (χ4n) is 2.48. The van der Waals surface area contributed by atoms with Crippen LogP contribution in [0, 0.1) is 0 Å². The molecule has 1 aromatic heterocycles. The molecule has 0 saturated carbocycles. The number of rotatable bonds is 4. The second-order valence-electron chi connectivity index (χ2n) is 5.03. The summed E-state index contributed by atoms with van der Waals surface area (Å²) >= 11 is 0. The first kappa shape index (κ1) is 12.1. The van der Waals surface area contributed by atoms with Crippen LogP contribution in [-0.2, 0) is 0 Å². The van der Waals surface area contributed by atoms with Gasteiger partial charge in [0.25, 0.3) is 6.01 Å². The third-order valence-corrected chi connectivity index (χ3v) is 3.52. The Bertz CT molecular complexity index is 600. The predicted octanol–water partition coefficient (Wildman–Crippen LogP) is 3.71. The molecule has 4 heteroatoms. The number of nitrogens with two attached hydrogens (primary N) is 1. The van der Waals surface area contributed by atoms with Gasteiger partial charge in [-0.2, -0.15) is 4.98 Å². The largest absolute Gasteiger partial charge is 0.423 e. The molecule has 3 rings (SSSR count). The number of nitrogens with zero attached hydrogens (tertiary/aromatic N) is 1. The molecule has 0 bridgehead atoms. The van der Waals surface area contributed by atoms with Gasteiger partial charge in [0.05, 0.1) is 0 Å². The fraction of sp³-hybridized carbons (Fsp3) is 0.400. The standard InChI is InChI=1S/C15H19N3O/c16-12-6-7-13-14(10-12)19-15(18-13)17-9-8-11-4-2-1-3-5-11/h4,6-7,10H,1-3,5,8-9,16H2,(H,17,18). The lowest BCUT2D eigenvalue weighted by Gasteiger charge is -2.12. The van der Waals surface area contributed by atoms with E-state index in [-0.39, 0.29) is 0 Å². The first-order valence-electron chi connectivity index (χ1n) is 6.89. The minimum Gasteiger partial charge on any atom is -0.423 e. The minimum atomic E-state index is 0.581. The molecule has 0 radical (unpaired) electrons. The van der Waals surface area contributed by atoms with E-state index in [1.165, 1.54) is 25.7 Å². The third kappa shape index (κ3) is 2.89. The Morgan fingerprint density at radius 2 is 2.26 bits per heavy atom. The maximum absolute atomic E-state index is 5.72. The van der Waals surface area contributed by atoms with Gasteiger partial charge in [-0.1, -0.05) is 11.6 Å². The van der Waals surface area contributed by atoms with Crippen LogP contribution >= 0.6 is 0 Å². The molecule has 1 aliphatic carbocycles. The van der Waals surface area contributed by atoms with E-state index >= 15 is 0 Å². The molecular weight excluding hydrogens is 238 g/mol. The van der Waals surface area contributed by atoms with Crippen LogP contribution in [0.5, 0.6) is 0 Å². The average Bonchev–Trinajstić information content (AvgIpc) is 2.82. The van der Waals surface area contributed by atoms with Gasteiger partial charge in [-0.25, -0.2) is 0 Å². The molecule has 0 amide bonds. The Morgan fingerprint density at radius 1 is 1.32 bits per heavy atom. The van der Waals surface area contributed by atoms with Gasteiger partial charge in [-0.3, -0.25) is 0 Å². The van der Waals surface area contributed by atoms with Crippen LogP contribution in [0.15, 0.2) is 34.3 Å². The number of fused-ring (bicyclic) bond motifs is 1. The molecule has 2 aromatic rings. The van der Waals surface area contributed by atoms with Crippen molar-refractivity contribution in [3.05, 3.63) is 29.8 Å². The molecule has 4 nitrogen and oxygen atoms in total. The fourth-order valence-corrected chi connectivity index (χ4v) is 2.48. The molecule has 3 N–H and O–H groups in total. The summed E-state index contributed by atoms with van der Waals surface area (Å²) in [5, 5.41) is 3.24. The number of allylic oxidation sites excluding steroid dienone is 1. The Balaban J connectivity index is 1.60. The van der Waals surface area contributed by atoms with E-state index in [2.05, 4.69) is 16.4 Å². The summed E-state index contributed by atoms with van der Waals surface area (Å²) < 4.78 is 5.62. The number of oxazole rings is 1. The van der Waals surface area contributed by atoms with Crippen LogP contribution < -0.4 is 11.1 Å². The zero-order chi connectivity index (χ0) is 13.1. The van der Waals surface area contributed by atoms with Crippen molar-refractivity contribution in [3.63, 3.8) is 0 Å². The highest BCUT2D eigenvalue weighted by Crippen LogP contribution is 2.22. The van der Waals surface area contributed by atoms with Crippen LogP contribution in [0.25, 0.3) is 11.1 Å². The van der Waals surface area contributed by atoms with Gasteiger partial charge >= 0.3 is 0 Å². The Hall–Kier alpha value is -1.97. The molecule has 19 heavy (non-hydrogen) atoms. The van der Waals surface area contributed by atoms with Crippen LogP contribution in [0.2, 0.25) is 0 Å². The normalized spacial score (nSPS) is 15.5. The number of anilines is 2. The second-order valence-corrected chi connectivity index (χ2v) is 5.03. The van der Waals surface area contributed by atoms with E-state index in [0.717, 1.165) is 24.1 Å². The summed E-state index contributed by atoms with van der Waals surface area (Å²) in [5.41, 5.74) is 9.54. The zero-order valence-corrected chi connectivity index (χ0v) is 11.0. The third-order valence-electron chi connectivity index (χ3n) is 3.52. The van der Waals surface area contributed by atoms with Crippen molar-refractivity contribution in [1.82, 2.24) is 4.98 Å². The molecule has 0 atom stereocenters. The van der Waals surface area contributed by atoms with Gasteiger partial charge in [0.1, 0.15) is 5.52 Å². The smallest absolute Gasteiger partial charge is 0.295 e. The summed E-state index contributed by atoms with van der Waals surface area (Å²) in [5.74, 6) is 0. The highest BCUT2D eigenvalue weighted by molar-refractivity contribution is 5.78. The molecule has 0 aliphatic heterocycles. The number of hydrogen-bond acceptors (Lipinski definition) is 4. The van der Waals surface area contributed by atoms with E-state index in [4.69, 9.17) is 10.2 Å². The van der Waals surface area contributed by atoms with Crippen molar-refractivity contribution >= 4 is 22.8 Å². The Morgan fingerprint density at radius 3 is 3.11 bits per heavy atom. The summed E-state index contributed by atoms with van der Waals surface area (Å²) in [6.07, 6.45) is 8.58. The molecule has 0 unspecified atom stereocenters. The Kier molecular flexibility index (Phi) is 3.40. The quantitative estimate of drug-likeness (QED) is 0.647. The first-order chi connectivity index (χ1) is 9.31. The van der Waals surface area contributed by atoms with Crippen molar-refractivity contribution in [2.24, 2.45) is 0 Å². The molecule has 1 aliphatic rings. The highest BCUT2D eigenvalue weighted by atomic mass is 16.4. The number of nitrogens with one attached hydrogen (secondary N) is 1. The van der Waals surface area contributed by atoms with Crippen molar-refractivity contribution in [2.45, 2.75) is 32.1 Å². The predicted molar refractivity (Wildman–Crippen MR) is 78.1 cm³/mol. The lowest BCUT2D eigenvalue weighted by atomic mass is 9.97. The molecule has 1 heterocycles. The number of aromatic nitrogens is 1.